The van der Waals surface area contributed by atoms with Crippen LogP contribution in [0.1, 0.15) is 20.8 Å². The normalized spacial score (nSPS) is 13.1. The molecule has 3 N–H and O–H groups in total. The van der Waals surface area contributed by atoms with Gasteiger partial charge < -0.3 is 10.1 Å². The molecule has 0 fully saturated rings. The maximum absolute atomic E-state index is 13.7. The molecule has 0 aliphatic carbocycles. The number of primary sulfonamides is 1. The molecule has 0 saturated carbocycles. The molecule has 1 aromatic carbocycles. The van der Waals surface area contributed by atoms with Crippen molar-refractivity contribution in [1.82, 2.24) is 5.32 Å². The molecule has 0 aliphatic heterocycles. The van der Waals surface area contributed by atoms with Crippen molar-refractivity contribution in [2.24, 2.45) is 5.14 Å². The van der Waals surface area contributed by atoms with Gasteiger partial charge in [0.05, 0.1) is 0 Å². The predicted octanol–water partition coefficient (Wildman–Crippen LogP) is 0.904. The topological polar surface area (TPSA) is 98.5 Å². The maximum atomic E-state index is 13.7. The summed E-state index contributed by atoms with van der Waals surface area (Å²) in [6.45, 7) is 4.81. The van der Waals surface area contributed by atoms with Gasteiger partial charge in [-0.2, -0.15) is 4.39 Å². The van der Waals surface area contributed by atoms with Crippen LogP contribution in [-0.4, -0.2) is 26.5 Å². The first kappa shape index (κ1) is 17.3. The number of ether oxygens (including phenoxy) is 1. The molecule has 1 atom stereocenters. The number of hydrogen-bond donors (Lipinski definition) is 2. The standard InChI is InChI=1S/C12H16F2N2O4S/c1-6(2)16-12(17)7(3)20-8-4-5-9(21(15,18)19)11(14)10(8)13/h4-7H,1-3H3,(H,16,17)(H2,15,18,19). The third kappa shape index (κ3) is 4.36. The van der Waals surface area contributed by atoms with Crippen molar-refractivity contribution in [3.05, 3.63) is 23.8 Å². The van der Waals surface area contributed by atoms with Crippen LogP contribution < -0.4 is 15.2 Å². The molecule has 1 aromatic rings. The molecule has 1 rings (SSSR count). The number of benzene rings is 1. The fourth-order valence-corrected chi connectivity index (χ4v) is 2.07. The third-order valence-electron chi connectivity index (χ3n) is 2.42. The number of rotatable bonds is 5. The summed E-state index contributed by atoms with van der Waals surface area (Å²) in [5, 5.41) is 7.28. The molecule has 0 bridgehead atoms. The zero-order valence-electron chi connectivity index (χ0n) is 11.7. The quantitative estimate of drug-likeness (QED) is 0.841. The first-order chi connectivity index (χ1) is 9.54. The highest BCUT2D eigenvalue weighted by molar-refractivity contribution is 7.89. The highest BCUT2D eigenvalue weighted by Gasteiger charge is 2.24. The molecule has 1 amide bonds. The van der Waals surface area contributed by atoms with E-state index in [1.807, 2.05) is 0 Å². The number of amides is 1. The zero-order valence-corrected chi connectivity index (χ0v) is 12.5. The summed E-state index contributed by atoms with van der Waals surface area (Å²) >= 11 is 0. The Morgan fingerprint density at radius 2 is 1.81 bits per heavy atom. The fourth-order valence-electron chi connectivity index (χ4n) is 1.47. The Hall–Kier alpha value is -1.74. The minimum atomic E-state index is -4.38. The van der Waals surface area contributed by atoms with E-state index in [0.717, 1.165) is 12.1 Å². The van der Waals surface area contributed by atoms with Gasteiger partial charge in [-0.05, 0) is 32.9 Å². The van der Waals surface area contributed by atoms with E-state index in [0.29, 0.717) is 0 Å². The van der Waals surface area contributed by atoms with Crippen molar-refractivity contribution in [1.29, 1.82) is 0 Å². The van der Waals surface area contributed by atoms with E-state index in [4.69, 9.17) is 9.88 Å². The lowest BCUT2D eigenvalue weighted by atomic mass is 10.3. The van der Waals surface area contributed by atoms with Crippen LogP contribution in [0.4, 0.5) is 8.78 Å². The summed E-state index contributed by atoms with van der Waals surface area (Å²) in [7, 11) is -4.38. The number of sulfonamides is 1. The van der Waals surface area contributed by atoms with Gasteiger partial charge in [0.15, 0.2) is 17.7 Å². The lowest BCUT2D eigenvalue weighted by molar-refractivity contribution is -0.127. The largest absolute Gasteiger partial charge is 0.478 e. The van der Waals surface area contributed by atoms with Crippen molar-refractivity contribution in [3.63, 3.8) is 0 Å². The highest BCUT2D eigenvalue weighted by atomic mass is 32.2. The Labute approximate surface area is 121 Å². The molecular formula is C12H16F2N2O4S. The molecule has 0 aliphatic rings. The van der Waals surface area contributed by atoms with E-state index in [-0.39, 0.29) is 6.04 Å². The fraction of sp³-hybridized carbons (Fsp3) is 0.417. The molecule has 21 heavy (non-hydrogen) atoms. The van der Waals surface area contributed by atoms with Crippen LogP contribution in [0.15, 0.2) is 17.0 Å². The van der Waals surface area contributed by atoms with Gasteiger partial charge in [-0.25, -0.2) is 17.9 Å². The van der Waals surface area contributed by atoms with Crippen molar-refractivity contribution in [2.45, 2.75) is 37.8 Å². The maximum Gasteiger partial charge on any atom is 0.260 e. The van der Waals surface area contributed by atoms with E-state index < -0.39 is 44.3 Å². The number of carbonyl (C=O) groups excluding carboxylic acids is 1. The van der Waals surface area contributed by atoms with Crippen molar-refractivity contribution < 1.29 is 26.7 Å². The Balaban J connectivity index is 3.02. The lowest BCUT2D eigenvalue weighted by Gasteiger charge is -2.17. The lowest BCUT2D eigenvalue weighted by Crippen LogP contribution is -2.40. The zero-order chi connectivity index (χ0) is 16.4. The molecule has 9 heteroatoms. The number of carbonyl (C=O) groups is 1. The first-order valence-electron chi connectivity index (χ1n) is 6.02. The minimum absolute atomic E-state index is 0.144. The molecule has 118 valence electrons. The van der Waals surface area contributed by atoms with Crippen LogP contribution in [0.5, 0.6) is 5.75 Å². The van der Waals surface area contributed by atoms with Crippen LogP contribution in [0.25, 0.3) is 0 Å². The van der Waals surface area contributed by atoms with Gasteiger partial charge in [0, 0.05) is 6.04 Å². The van der Waals surface area contributed by atoms with E-state index in [1.165, 1.54) is 6.92 Å². The van der Waals surface area contributed by atoms with Crippen molar-refractivity contribution in [2.75, 3.05) is 0 Å². The van der Waals surface area contributed by atoms with Gasteiger partial charge in [-0.3, -0.25) is 4.79 Å². The molecule has 1 unspecified atom stereocenters. The summed E-state index contributed by atoms with van der Waals surface area (Å²) in [5.74, 6) is -4.26. The van der Waals surface area contributed by atoms with E-state index in [9.17, 15) is 22.0 Å². The molecule has 0 spiro atoms. The predicted molar refractivity (Wildman–Crippen MR) is 71.1 cm³/mol. The molecule has 6 nitrogen and oxygen atoms in total. The summed E-state index contributed by atoms with van der Waals surface area (Å²) in [5.41, 5.74) is 0. The van der Waals surface area contributed by atoms with Crippen molar-refractivity contribution >= 4 is 15.9 Å². The number of hydrogen-bond acceptors (Lipinski definition) is 4. The second kappa shape index (κ2) is 6.35. The van der Waals surface area contributed by atoms with Gasteiger partial charge in [-0.1, -0.05) is 0 Å². The summed E-state index contributed by atoms with van der Waals surface area (Å²) in [6, 6.07) is 1.53. The average molecular weight is 322 g/mol. The SMILES string of the molecule is CC(C)NC(=O)C(C)Oc1ccc(S(N)(=O)=O)c(F)c1F. The summed E-state index contributed by atoms with van der Waals surface area (Å²) < 4.78 is 54.4. The highest BCUT2D eigenvalue weighted by Crippen LogP contribution is 2.25. The molecule has 0 saturated heterocycles. The summed E-state index contributed by atoms with van der Waals surface area (Å²) in [4.78, 5) is 10.6. The Bertz CT molecular complexity index is 647. The smallest absolute Gasteiger partial charge is 0.260 e. The van der Waals surface area contributed by atoms with Crippen LogP contribution in [-0.2, 0) is 14.8 Å². The van der Waals surface area contributed by atoms with Gasteiger partial charge in [0.25, 0.3) is 5.91 Å². The van der Waals surface area contributed by atoms with Crippen LogP contribution in [0, 0.1) is 11.6 Å². The average Bonchev–Trinajstić information content (AvgIpc) is 2.32. The summed E-state index contributed by atoms with van der Waals surface area (Å²) in [6.07, 6.45) is -1.08. The number of nitrogens with two attached hydrogens (primary N) is 1. The van der Waals surface area contributed by atoms with Crippen LogP contribution in [0.3, 0.4) is 0 Å². The Morgan fingerprint density at radius 3 is 2.29 bits per heavy atom. The molecule has 0 radical (unpaired) electrons. The molecule has 0 heterocycles. The molecule has 0 aromatic heterocycles. The number of nitrogens with one attached hydrogen (secondary N) is 1. The minimum Gasteiger partial charge on any atom is -0.478 e. The van der Waals surface area contributed by atoms with Crippen molar-refractivity contribution in [3.8, 4) is 5.75 Å². The van der Waals surface area contributed by atoms with Gasteiger partial charge in [-0.15, -0.1) is 0 Å². The van der Waals surface area contributed by atoms with E-state index in [2.05, 4.69) is 5.32 Å². The Morgan fingerprint density at radius 1 is 1.24 bits per heavy atom. The van der Waals surface area contributed by atoms with Gasteiger partial charge in [0.2, 0.25) is 15.8 Å². The van der Waals surface area contributed by atoms with Gasteiger partial charge in [0.1, 0.15) is 4.90 Å². The first-order valence-corrected chi connectivity index (χ1v) is 7.56. The van der Waals surface area contributed by atoms with E-state index in [1.54, 1.807) is 13.8 Å². The van der Waals surface area contributed by atoms with Crippen LogP contribution >= 0.6 is 0 Å². The van der Waals surface area contributed by atoms with Crippen LogP contribution in [0.2, 0.25) is 0 Å². The molecular weight excluding hydrogens is 306 g/mol. The monoisotopic (exact) mass is 322 g/mol. The second-order valence-corrected chi connectivity index (χ2v) is 6.19. The van der Waals surface area contributed by atoms with E-state index >= 15 is 0 Å². The number of halogens is 2. The third-order valence-corrected chi connectivity index (χ3v) is 3.35. The van der Waals surface area contributed by atoms with Gasteiger partial charge >= 0.3 is 0 Å². The second-order valence-electron chi connectivity index (χ2n) is 4.66. The Kier molecular flexibility index (Phi) is 5.24.